The van der Waals surface area contributed by atoms with Crippen molar-refractivity contribution in [3.05, 3.63) is 107 Å². The number of halogens is 4. The Balaban J connectivity index is 1.49. The summed E-state index contributed by atoms with van der Waals surface area (Å²) in [6.45, 7) is -0.0266. The lowest BCUT2D eigenvalue weighted by Crippen LogP contribution is -2.24. The number of carbonyl (C=O) groups is 2. The third-order valence-corrected chi connectivity index (χ3v) is 6.18. The lowest BCUT2D eigenvalue weighted by Gasteiger charge is -2.13. The van der Waals surface area contributed by atoms with E-state index in [2.05, 4.69) is 15.3 Å². The molecule has 40 heavy (non-hydrogen) atoms. The number of amides is 1. The van der Waals surface area contributed by atoms with E-state index in [9.17, 15) is 27.2 Å². The molecule has 0 saturated carbocycles. The maximum absolute atomic E-state index is 14.4. The van der Waals surface area contributed by atoms with Crippen LogP contribution in [0.5, 0.6) is 0 Å². The summed E-state index contributed by atoms with van der Waals surface area (Å²) in [5, 5.41) is 11.6. The average Bonchev–Trinajstić information content (AvgIpc) is 3.30. The highest BCUT2D eigenvalue weighted by Gasteiger charge is 2.31. The first-order valence-corrected chi connectivity index (χ1v) is 11.7. The number of alkyl halides is 3. The van der Waals surface area contributed by atoms with Gasteiger partial charge in [0.15, 0.2) is 0 Å². The van der Waals surface area contributed by atoms with Gasteiger partial charge in [-0.1, -0.05) is 18.2 Å². The van der Waals surface area contributed by atoms with Gasteiger partial charge in [0, 0.05) is 18.4 Å². The van der Waals surface area contributed by atoms with Crippen molar-refractivity contribution in [1.29, 1.82) is 0 Å². The number of carbonyl (C=O) groups excluding carboxylic acids is 1. The van der Waals surface area contributed by atoms with Crippen molar-refractivity contribution in [3.8, 4) is 17.1 Å². The second-order valence-electron chi connectivity index (χ2n) is 8.73. The van der Waals surface area contributed by atoms with Crippen LogP contribution in [0.1, 0.15) is 31.8 Å². The van der Waals surface area contributed by atoms with Crippen LogP contribution in [0.2, 0.25) is 0 Å². The normalized spacial score (nSPS) is 11.5. The van der Waals surface area contributed by atoms with Crippen LogP contribution < -0.4 is 11.1 Å². The van der Waals surface area contributed by atoms with Gasteiger partial charge in [-0.15, -0.1) is 0 Å². The van der Waals surface area contributed by atoms with E-state index in [1.165, 1.54) is 29.0 Å². The molecule has 12 heteroatoms. The molecule has 2 aromatic heterocycles. The van der Waals surface area contributed by atoms with Crippen LogP contribution in [-0.2, 0) is 12.7 Å². The van der Waals surface area contributed by atoms with Crippen molar-refractivity contribution in [2.24, 2.45) is 0 Å². The Hall–Kier alpha value is -5.26. The number of pyridine rings is 1. The van der Waals surface area contributed by atoms with E-state index in [-0.39, 0.29) is 23.7 Å². The number of nitrogens with two attached hydrogens (primary N) is 1. The Kier molecular flexibility index (Phi) is 6.68. The minimum absolute atomic E-state index is 0.0266. The molecular formula is C28H19F4N5O3. The van der Waals surface area contributed by atoms with Crippen molar-refractivity contribution in [1.82, 2.24) is 19.9 Å². The molecule has 0 fully saturated rings. The number of nitrogens with zero attached hydrogens (tertiary/aromatic N) is 3. The molecule has 0 aliphatic carbocycles. The molecule has 2 heterocycles. The summed E-state index contributed by atoms with van der Waals surface area (Å²) in [7, 11) is 0. The van der Waals surface area contributed by atoms with Crippen molar-refractivity contribution in [2.45, 2.75) is 12.7 Å². The van der Waals surface area contributed by atoms with Crippen molar-refractivity contribution < 1.29 is 32.3 Å². The number of aromatic carboxylic acids is 1. The number of benzene rings is 3. The van der Waals surface area contributed by atoms with Crippen molar-refractivity contribution in [3.63, 3.8) is 0 Å². The molecule has 0 radical (unpaired) electrons. The maximum Gasteiger partial charge on any atom is 0.416 e. The van der Waals surface area contributed by atoms with E-state index in [1.807, 2.05) is 0 Å². The number of imidazole rings is 1. The van der Waals surface area contributed by atoms with Gasteiger partial charge in [0.2, 0.25) is 0 Å². The van der Waals surface area contributed by atoms with E-state index in [1.54, 1.807) is 36.4 Å². The highest BCUT2D eigenvalue weighted by atomic mass is 19.4. The third-order valence-electron chi connectivity index (χ3n) is 6.18. The Morgan fingerprint density at radius 1 is 0.975 bits per heavy atom. The lowest BCUT2D eigenvalue weighted by molar-refractivity contribution is -0.137. The number of carboxylic acid groups (broad SMARTS) is 1. The zero-order chi connectivity index (χ0) is 28.6. The molecule has 1 amide bonds. The zero-order valence-electron chi connectivity index (χ0n) is 20.4. The van der Waals surface area contributed by atoms with Gasteiger partial charge in [-0.3, -0.25) is 9.36 Å². The molecule has 0 aliphatic rings. The first-order chi connectivity index (χ1) is 19.0. The predicted octanol–water partition coefficient (Wildman–Crippen LogP) is 5.46. The van der Waals surface area contributed by atoms with Crippen LogP contribution in [0.3, 0.4) is 0 Å². The Morgan fingerprint density at radius 3 is 2.38 bits per heavy atom. The third kappa shape index (κ3) is 4.94. The molecule has 5 rings (SSSR count). The summed E-state index contributed by atoms with van der Waals surface area (Å²) in [5.41, 5.74) is 6.17. The summed E-state index contributed by atoms with van der Waals surface area (Å²) in [6.07, 6.45) is -3.08. The molecule has 0 atom stereocenters. The molecular weight excluding hydrogens is 530 g/mol. The summed E-state index contributed by atoms with van der Waals surface area (Å²) in [6, 6.07) is 16.6. The van der Waals surface area contributed by atoms with Gasteiger partial charge in [0.25, 0.3) is 5.91 Å². The molecule has 0 aliphatic heterocycles. The van der Waals surface area contributed by atoms with Crippen molar-refractivity contribution >= 4 is 28.7 Å². The van der Waals surface area contributed by atoms with Gasteiger partial charge in [-0.2, -0.15) is 13.2 Å². The number of carboxylic acids is 1. The fraction of sp³-hybridized carbons (Fsp3) is 0.0714. The number of anilines is 1. The van der Waals surface area contributed by atoms with Gasteiger partial charge >= 0.3 is 12.1 Å². The molecule has 4 N–H and O–H groups in total. The highest BCUT2D eigenvalue weighted by Crippen LogP contribution is 2.35. The quantitative estimate of drug-likeness (QED) is 0.242. The molecule has 3 aromatic carbocycles. The smallest absolute Gasteiger partial charge is 0.416 e. The largest absolute Gasteiger partial charge is 0.478 e. The summed E-state index contributed by atoms with van der Waals surface area (Å²) < 4.78 is 56.5. The fourth-order valence-electron chi connectivity index (χ4n) is 4.21. The fourth-order valence-corrected chi connectivity index (χ4v) is 4.21. The van der Waals surface area contributed by atoms with Crippen LogP contribution >= 0.6 is 0 Å². The number of aromatic nitrogens is 3. The van der Waals surface area contributed by atoms with E-state index in [4.69, 9.17) is 10.8 Å². The van der Waals surface area contributed by atoms with Crippen LogP contribution in [0.15, 0.2) is 79.0 Å². The molecule has 8 nitrogen and oxygen atoms in total. The summed E-state index contributed by atoms with van der Waals surface area (Å²) in [4.78, 5) is 32.2. The van der Waals surface area contributed by atoms with Crippen molar-refractivity contribution in [2.75, 3.05) is 5.73 Å². The summed E-state index contributed by atoms with van der Waals surface area (Å²) in [5.74, 6) is -3.01. The Bertz CT molecular complexity index is 1760. The monoisotopic (exact) mass is 549 g/mol. The first kappa shape index (κ1) is 26.4. The predicted molar refractivity (Wildman–Crippen MR) is 138 cm³/mol. The first-order valence-electron chi connectivity index (χ1n) is 11.7. The number of hydrogen-bond acceptors (Lipinski definition) is 5. The lowest BCUT2D eigenvalue weighted by atomic mass is 10.1. The number of nitrogen functional groups attached to an aromatic ring is 1. The van der Waals surface area contributed by atoms with Gasteiger partial charge in [0.1, 0.15) is 17.5 Å². The number of nitrogens with one attached hydrogen (secondary N) is 1. The van der Waals surface area contributed by atoms with E-state index in [0.717, 1.165) is 18.2 Å². The van der Waals surface area contributed by atoms with Gasteiger partial charge in [-0.25, -0.2) is 19.2 Å². The minimum atomic E-state index is -4.57. The molecule has 0 bridgehead atoms. The van der Waals surface area contributed by atoms with Crippen LogP contribution in [-0.4, -0.2) is 31.5 Å². The zero-order valence-corrected chi connectivity index (χ0v) is 20.4. The molecule has 5 aromatic rings. The SMILES string of the molecule is Nc1ncccc1-c1nc2ccc(C(F)(F)F)cc2n1-c1ccc(CNC(=O)c2cccc(C(=O)O)c2F)cc1. The van der Waals surface area contributed by atoms with Crippen LogP contribution in [0.25, 0.3) is 28.1 Å². The van der Waals surface area contributed by atoms with Crippen LogP contribution in [0.4, 0.5) is 23.4 Å². The number of hydrogen-bond donors (Lipinski definition) is 3. The van der Waals surface area contributed by atoms with E-state index in [0.29, 0.717) is 22.3 Å². The summed E-state index contributed by atoms with van der Waals surface area (Å²) >= 11 is 0. The van der Waals surface area contributed by atoms with E-state index < -0.39 is 40.6 Å². The molecule has 0 saturated heterocycles. The molecule has 202 valence electrons. The molecule has 0 unspecified atom stereocenters. The number of rotatable bonds is 6. The minimum Gasteiger partial charge on any atom is -0.478 e. The van der Waals surface area contributed by atoms with E-state index >= 15 is 0 Å². The van der Waals surface area contributed by atoms with Gasteiger partial charge < -0.3 is 16.2 Å². The topological polar surface area (TPSA) is 123 Å². The second kappa shape index (κ2) is 10.1. The Labute approximate surface area is 223 Å². The second-order valence-corrected chi connectivity index (χ2v) is 8.73. The van der Waals surface area contributed by atoms with Gasteiger partial charge in [0.05, 0.1) is 33.3 Å². The van der Waals surface area contributed by atoms with Gasteiger partial charge in [-0.05, 0) is 60.2 Å². The Morgan fingerprint density at radius 2 is 1.70 bits per heavy atom. The van der Waals surface area contributed by atoms with Crippen LogP contribution in [0, 0.1) is 5.82 Å². The average molecular weight is 549 g/mol. The standard InChI is InChI=1S/C28H19F4N5O3/c29-23-18(3-1-4-19(23)27(39)40)26(38)35-14-15-6-9-17(10-7-15)37-22-13-16(28(30,31)32)8-11-21(22)36-25(37)20-5-2-12-34-24(20)33/h1-13H,14H2,(H2,33,34)(H,35,38)(H,39,40). The highest BCUT2D eigenvalue weighted by molar-refractivity contribution is 5.98. The molecule has 0 spiro atoms. The maximum atomic E-state index is 14.4. The number of fused-ring (bicyclic) bond motifs is 1.